The van der Waals surface area contributed by atoms with E-state index in [1.807, 2.05) is 0 Å². The Bertz CT molecular complexity index is 1040. The number of likely N-dealkylation sites (N-methyl/N-ethyl adjacent to an activating group) is 1. The lowest BCUT2D eigenvalue weighted by Gasteiger charge is -2.08. The number of halogens is 2. The normalized spacial score (nSPS) is 16.6. The summed E-state index contributed by atoms with van der Waals surface area (Å²) in [4.78, 5) is 30.6. The second-order valence-electron chi connectivity index (χ2n) is 5.92. The minimum absolute atomic E-state index is 0.210. The summed E-state index contributed by atoms with van der Waals surface area (Å²) in [6, 6.07) is 9.84. The van der Waals surface area contributed by atoms with Crippen molar-refractivity contribution in [3.8, 4) is 5.75 Å². The van der Waals surface area contributed by atoms with Crippen LogP contribution in [0, 0.1) is 0 Å². The molecule has 6 nitrogen and oxygen atoms in total. The van der Waals surface area contributed by atoms with Crippen LogP contribution in [0.25, 0.3) is 6.08 Å². The van der Waals surface area contributed by atoms with Crippen molar-refractivity contribution in [3.05, 3.63) is 62.5 Å². The Labute approximate surface area is 182 Å². The van der Waals surface area contributed by atoms with E-state index in [9.17, 15) is 9.59 Å². The molecule has 0 spiro atoms. The van der Waals surface area contributed by atoms with E-state index in [1.165, 1.54) is 30.9 Å². The van der Waals surface area contributed by atoms with Gasteiger partial charge in [-0.1, -0.05) is 23.2 Å². The second kappa shape index (κ2) is 8.90. The van der Waals surface area contributed by atoms with Crippen LogP contribution in [-0.4, -0.2) is 43.2 Å². The summed E-state index contributed by atoms with van der Waals surface area (Å²) in [7, 11) is 4.46. The Morgan fingerprint density at radius 3 is 2.48 bits per heavy atom. The van der Waals surface area contributed by atoms with Gasteiger partial charge in [-0.05, 0) is 54.2 Å². The highest BCUT2D eigenvalue weighted by atomic mass is 35.5. The first-order valence-corrected chi connectivity index (χ1v) is 9.89. The zero-order chi connectivity index (χ0) is 21.1. The van der Waals surface area contributed by atoms with Crippen molar-refractivity contribution in [3.63, 3.8) is 0 Å². The number of hydrogen-bond acceptors (Lipinski definition) is 6. The lowest BCUT2D eigenvalue weighted by Crippen LogP contribution is -2.23. The Morgan fingerprint density at radius 1 is 1.17 bits per heavy atom. The molecule has 1 saturated heterocycles. The first-order chi connectivity index (χ1) is 13.8. The number of rotatable bonds is 4. The molecule has 0 unspecified atom stereocenters. The van der Waals surface area contributed by atoms with Crippen molar-refractivity contribution >= 4 is 63.8 Å². The van der Waals surface area contributed by atoms with E-state index < -0.39 is 5.97 Å². The zero-order valence-electron chi connectivity index (χ0n) is 15.7. The Balaban J connectivity index is 1.91. The van der Waals surface area contributed by atoms with Gasteiger partial charge in [-0.2, -0.15) is 0 Å². The van der Waals surface area contributed by atoms with Crippen LogP contribution in [0.3, 0.4) is 0 Å². The van der Waals surface area contributed by atoms with Gasteiger partial charge >= 0.3 is 5.97 Å². The van der Waals surface area contributed by atoms with E-state index in [0.29, 0.717) is 42.7 Å². The minimum atomic E-state index is -0.425. The predicted octanol–water partition coefficient (Wildman–Crippen LogP) is 5.02. The molecular formula is C20H16Cl2N2O4S. The predicted molar refractivity (Wildman–Crippen MR) is 116 cm³/mol. The van der Waals surface area contributed by atoms with E-state index in [-0.39, 0.29) is 5.91 Å². The number of benzene rings is 2. The van der Waals surface area contributed by atoms with Crippen molar-refractivity contribution in [1.82, 2.24) is 4.90 Å². The molecule has 1 heterocycles. The molecule has 2 aromatic rings. The van der Waals surface area contributed by atoms with Crippen LogP contribution in [0.4, 0.5) is 5.69 Å². The van der Waals surface area contributed by atoms with Gasteiger partial charge in [-0.25, -0.2) is 9.79 Å². The largest absolute Gasteiger partial charge is 0.495 e. The first-order valence-electron chi connectivity index (χ1n) is 8.31. The molecular weight excluding hydrogens is 435 g/mol. The van der Waals surface area contributed by atoms with Gasteiger partial charge in [0.2, 0.25) is 0 Å². The van der Waals surface area contributed by atoms with Gasteiger partial charge in [0.05, 0.1) is 35.4 Å². The maximum absolute atomic E-state index is 12.7. The van der Waals surface area contributed by atoms with Gasteiger partial charge < -0.3 is 9.47 Å². The molecule has 0 aliphatic carbocycles. The van der Waals surface area contributed by atoms with Crippen LogP contribution >= 0.6 is 35.0 Å². The highest BCUT2D eigenvalue weighted by Gasteiger charge is 2.30. The zero-order valence-corrected chi connectivity index (χ0v) is 18.1. The molecule has 1 aliphatic rings. The molecule has 1 amide bonds. The third kappa shape index (κ3) is 4.58. The van der Waals surface area contributed by atoms with Gasteiger partial charge in [-0.3, -0.25) is 9.69 Å². The quantitative estimate of drug-likeness (QED) is 0.482. The minimum Gasteiger partial charge on any atom is -0.495 e. The average Bonchev–Trinajstić information content (AvgIpc) is 2.95. The number of carbonyl (C=O) groups is 2. The summed E-state index contributed by atoms with van der Waals surface area (Å²) in [6.07, 6.45) is 1.67. The molecule has 0 bridgehead atoms. The standard InChI is InChI=1S/C20H16Cl2N2O4S/c1-24-18(25)16(9-12-8-13(21)10-15(22)17(12)27-2)29-20(24)23-14-6-4-11(5-7-14)19(26)28-3/h4-10H,1-3H3/b16-9+,23-20?. The smallest absolute Gasteiger partial charge is 0.337 e. The summed E-state index contributed by atoms with van der Waals surface area (Å²) in [6.45, 7) is 0. The fourth-order valence-electron chi connectivity index (χ4n) is 2.60. The molecule has 0 aromatic heterocycles. The van der Waals surface area contributed by atoms with Crippen molar-refractivity contribution < 1.29 is 19.1 Å². The van der Waals surface area contributed by atoms with Crippen LogP contribution in [0.15, 0.2) is 46.3 Å². The summed E-state index contributed by atoms with van der Waals surface area (Å²) in [5.74, 6) is -0.201. The fourth-order valence-corrected chi connectivity index (χ4v) is 4.16. The number of amides is 1. The molecule has 1 fully saturated rings. The number of carbonyl (C=O) groups excluding carboxylic acids is 2. The van der Waals surface area contributed by atoms with Gasteiger partial charge in [0.1, 0.15) is 5.75 Å². The molecule has 3 rings (SSSR count). The third-order valence-electron chi connectivity index (χ3n) is 4.04. The second-order valence-corrected chi connectivity index (χ2v) is 7.77. The SMILES string of the molecule is COC(=O)c1ccc(N=C2S/C(=C/c3cc(Cl)cc(Cl)c3OC)C(=O)N2C)cc1. The van der Waals surface area contributed by atoms with Crippen LogP contribution < -0.4 is 4.74 Å². The van der Waals surface area contributed by atoms with Crippen molar-refractivity contribution in [2.24, 2.45) is 4.99 Å². The van der Waals surface area contributed by atoms with Crippen molar-refractivity contribution in [1.29, 1.82) is 0 Å². The lowest BCUT2D eigenvalue weighted by atomic mass is 10.2. The van der Waals surface area contributed by atoms with Gasteiger partial charge in [0, 0.05) is 17.6 Å². The highest BCUT2D eigenvalue weighted by molar-refractivity contribution is 8.18. The average molecular weight is 451 g/mol. The van der Waals surface area contributed by atoms with Crippen LogP contribution in [0.1, 0.15) is 15.9 Å². The molecule has 150 valence electrons. The number of thioether (sulfide) groups is 1. The summed E-state index contributed by atoms with van der Waals surface area (Å²) >= 11 is 13.5. The number of hydrogen-bond donors (Lipinski definition) is 0. The molecule has 29 heavy (non-hydrogen) atoms. The molecule has 1 aliphatic heterocycles. The summed E-state index contributed by atoms with van der Waals surface area (Å²) in [5.41, 5.74) is 1.62. The molecule has 9 heteroatoms. The summed E-state index contributed by atoms with van der Waals surface area (Å²) in [5, 5.41) is 1.29. The number of methoxy groups -OCH3 is 2. The number of esters is 1. The maximum Gasteiger partial charge on any atom is 0.337 e. The van der Waals surface area contributed by atoms with E-state index in [0.717, 1.165) is 0 Å². The lowest BCUT2D eigenvalue weighted by molar-refractivity contribution is -0.121. The Kier molecular flexibility index (Phi) is 6.52. The summed E-state index contributed by atoms with van der Waals surface area (Å²) < 4.78 is 10.0. The molecule has 0 atom stereocenters. The third-order valence-corrected chi connectivity index (χ3v) is 5.60. The van der Waals surface area contributed by atoms with Crippen molar-refractivity contribution in [2.75, 3.05) is 21.3 Å². The van der Waals surface area contributed by atoms with E-state index in [2.05, 4.69) is 9.73 Å². The fraction of sp³-hybridized carbons (Fsp3) is 0.150. The topological polar surface area (TPSA) is 68.2 Å². The van der Waals surface area contributed by atoms with Gasteiger partial charge in [0.25, 0.3) is 5.91 Å². The van der Waals surface area contributed by atoms with E-state index in [1.54, 1.807) is 49.5 Å². The number of aliphatic imine (C=N–C) groups is 1. The van der Waals surface area contributed by atoms with E-state index in [4.69, 9.17) is 27.9 Å². The molecule has 0 N–H and O–H groups in total. The molecule has 0 radical (unpaired) electrons. The van der Waals surface area contributed by atoms with Gasteiger partial charge in [0.15, 0.2) is 5.17 Å². The van der Waals surface area contributed by atoms with Gasteiger partial charge in [-0.15, -0.1) is 0 Å². The van der Waals surface area contributed by atoms with E-state index >= 15 is 0 Å². The highest BCUT2D eigenvalue weighted by Crippen LogP contribution is 2.38. The Morgan fingerprint density at radius 2 is 1.86 bits per heavy atom. The van der Waals surface area contributed by atoms with Crippen molar-refractivity contribution in [2.45, 2.75) is 0 Å². The Hall–Kier alpha value is -2.48. The monoisotopic (exact) mass is 450 g/mol. The van der Waals surface area contributed by atoms with Crippen LogP contribution in [-0.2, 0) is 9.53 Å². The van der Waals surface area contributed by atoms with Crippen LogP contribution in [0.5, 0.6) is 5.75 Å². The number of ether oxygens (including phenoxy) is 2. The first kappa shape index (κ1) is 21.2. The van der Waals surface area contributed by atoms with Crippen LogP contribution in [0.2, 0.25) is 10.0 Å². The molecule has 0 saturated carbocycles. The molecule has 2 aromatic carbocycles. The number of amidine groups is 1. The maximum atomic E-state index is 12.7. The number of nitrogens with zero attached hydrogens (tertiary/aromatic N) is 2.